The first kappa shape index (κ1) is 11.3. The van der Waals surface area contributed by atoms with Crippen LogP contribution in [-0.2, 0) is 0 Å². The highest BCUT2D eigenvalue weighted by atomic mass is 16.7. The molecular weight excluding hydrogens is 198 g/mol. The maximum Gasteiger partial charge on any atom is 0.356 e. The second-order valence-corrected chi connectivity index (χ2v) is 3.04. The molecule has 1 rings (SSSR count). The van der Waals surface area contributed by atoms with Crippen LogP contribution < -0.4 is 10.4 Å². The van der Waals surface area contributed by atoms with Crippen molar-refractivity contribution in [1.29, 1.82) is 0 Å². The third-order valence-electron chi connectivity index (χ3n) is 1.85. The van der Waals surface area contributed by atoms with Gasteiger partial charge in [0.15, 0.2) is 5.69 Å². The van der Waals surface area contributed by atoms with Crippen LogP contribution in [0.2, 0.25) is 0 Å². The first-order valence-corrected chi connectivity index (χ1v) is 4.75. The van der Waals surface area contributed by atoms with Crippen molar-refractivity contribution in [2.24, 2.45) is 0 Å². The Bertz CT molecular complexity index is 397. The Hall–Kier alpha value is -1.78. The van der Waals surface area contributed by atoms with Crippen molar-refractivity contribution < 1.29 is 14.7 Å². The van der Waals surface area contributed by atoms with Crippen LogP contribution in [0.5, 0.6) is 0 Å². The fourth-order valence-corrected chi connectivity index (χ4v) is 1.07. The van der Waals surface area contributed by atoms with Gasteiger partial charge in [-0.25, -0.2) is 4.79 Å². The second-order valence-electron chi connectivity index (χ2n) is 3.04. The Morgan fingerprint density at radius 3 is 2.87 bits per heavy atom. The third kappa shape index (κ3) is 2.83. The van der Waals surface area contributed by atoms with Crippen molar-refractivity contribution in [3.63, 3.8) is 0 Å². The van der Waals surface area contributed by atoms with Gasteiger partial charge in [-0.05, 0) is 12.5 Å². The number of carboxylic acids is 1. The predicted octanol–water partition coefficient (Wildman–Crippen LogP) is 0.775. The highest BCUT2D eigenvalue weighted by Crippen LogP contribution is 1.95. The summed E-state index contributed by atoms with van der Waals surface area (Å²) in [5.41, 5.74) is -0.621. The van der Waals surface area contributed by atoms with Gasteiger partial charge >= 0.3 is 5.97 Å². The first-order chi connectivity index (χ1) is 7.16. The summed E-state index contributed by atoms with van der Waals surface area (Å²) in [5, 5.41) is 8.81. The molecule has 0 aliphatic heterocycles. The van der Waals surface area contributed by atoms with E-state index in [1.165, 1.54) is 18.2 Å². The molecule has 1 aromatic rings. The maximum absolute atomic E-state index is 11.3. The molecule has 5 nitrogen and oxygen atoms in total. The van der Waals surface area contributed by atoms with E-state index in [1.807, 2.05) is 6.92 Å². The zero-order valence-corrected chi connectivity index (χ0v) is 8.47. The van der Waals surface area contributed by atoms with Crippen molar-refractivity contribution >= 4 is 5.97 Å². The second kappa shape index (κ2) is 5.19. The number of nitrogens with zero attached hydrogens (tertiary/aromatic N) is 1. The lowest BCUT2D eigenvalue weighted by molar-refractivity contribution is 0.0565. The van der Waals surface area contributed by atoms with Crippen LogP contribution in [-0.4, -0.2) is 22.4 Å². The van der Waals surface area contributed by atoms with E-state index in [0.717, 1.165) is 17.6 Å². The molecule has 0 aliphatic carbocycles. The molecule has 0 aliphatic rings. The quantitative estimate of drug-likeness (QED) is 0.730. The van der Waals surface area contributed by atoms with E-state index in [2.05, 4.69) is 0 Å². The number of hydrogen-bond acceptors (Lipinski definition) is 3. The van der Waals surface area contributed by atoms with Gasteiger partial charge < -0.3 is 9.94 Å². The van der Waals surface area contributed by atoms with Crippen LogP contribution in [0, 0.1) is 0 Å². The van der Waals surface area contributed by atoms with E-state index >= 15 is 0 Å². The number of unbranched alkanes of at least 4 members (excludes halogenated alkanes) is 1. The largest absolute Gasteiger partial charge is 0.476 e. The van der Waals surface area contributed by atoms with E-state index in [9.17, 15) is 9.59 Å². The van der Waals surface area contributed by atoms with Gasteiger partial charge in [-0.1, -0.05) is 19.4 Å². The molecule has 0 unspecified atom stereocenters. The molecule has 0 saturated heterocycles. The monoisotopic (exact) mass is 211 g/mol. The average Bonchev–Trinajstić information content (AvgIpc) is 2.20. The summed E-state index contributed by atoms with van der Waals surface area (Å²) < 4.78 is 0.817. The van der Waals surface area contributed by atoms with Crippen LogP contribution in [0.15, 0.2) is 23.0 Å². The molecule has 0 spiro atoms. The highest BCUT2D eigenvalue weighted by Gasteiger charge is 2.10. The molecule has 0 saturated carbocycles. The highest BCUT2D eigenvalue weighted by molar-refractivity contribution is 5.85. The molecule has 0 aromatic carbocycles. The fourth-order valence-electron chi connectivity index (χ4n) is 1.07. The minimum Gasteiger partial charge on any atom is -0.476 e. The van der Waals surface area contributed by atoms with Gasteiger partial charge in [0.1, 0.15) is 6.61 Å². The van der Waals surface area contributed by atoms with Gasteiger partial charge in [0, 0.05) is 6.07 Å². The Labute approximate surface area is 86.9 Å². The van der Waals surface area contributed by atoms with E-state index in [1.54, 1.807) is 0 Å². The molecule has 1 heterocycles. The van der Waals surface area contributed by atoms with Crippen molar-refractivity contribution in [2.45, 2.75) is 19.8 Å². The van der Waals surface area contributed by atoms with Gasteiger partial charge in [0.2, 0.25) is 0 Å². The van der Waals surface area contributed by atoms with Crippen LogP contribution in [0.1, 0.15) is 30.3 Å². The Kier molecular flexibility index (Phi) is 3.91. The molecule has 5 heteroatoms. The summed E-state index contributed by atoms with van der Waals surface area (Å²) in [6.07, 6.45) is 1.70. The lowest BCUT2D eigenvalue weighted by Crippen LogP contribution is -2.31. The van der Waals surface area contributed by atoms with E-state index < -0.39 is 11.5 Å². The number of carbonyl (C=O) groups is 1. The molecule has 0 atom stereocenters. The Balaban J connectivity index is 2.93. The SMILES string of the molecule is CCCCOn1c(C(=O)O)cccc1=O. The molecule has 0 amide bonds. The van der Waals surface area contributed by atoms with Crippen molar-refractivity contribution in [2.75, 3.05) is 6.61 Å². The fraction of sp³-hybridized carbons (Fsp3) is 0.400. The smallest absolute Gasteiger partial charge is 0.356 e. The van der Waals surface area contributed by atoms with Gasteiger partial charge in [-0.2, -0.15) is 0 Å². The van der Waals surface area contributed by atoms with Crippen LogP contribution in [0.4, 0.5) is 0 Å². The molecule has 15 heavy (non-hydrogen) atoms. The number of aromatic carboxylic acids is 1. The van der Waals surface area contributed by atoms with Gasteiger partial charge in [-0.15, -0.1) is 4.73 Å². The standard InChI is InChI=1S/C10H13NO4/c1-2-3-7-15-11-8(10(13)14)5-4-6-9(11)12/h4-6H,2-3,7H2,1H3,(H,13,14). The number of rotatable bonds is 5. The minimum atomic E-state index is -1.18. The molecule has 82 valence electrons. The average molecular weight is 211 g/mol. The van der Waals surface area contributed by atoms with Crippen LogP contribution >= 0.6 is 0 Å². The number of carboxylic acid groups (broad SMARTS) is 1. The molecular formula is C10H13NO4. The maximum atomic E-state index is 11.3. The third-order valence-corrected chi connectivity index (χ3v) is 1.85. The number of hydrogen-bond donors (Lipinski definition) is 1. The zero-order valence-electron chi connectivity index (χ0n) is 8.47. The normalized spacial score (nSPS) is 9.93. The molecule has 1 aromatic heterocycles. The number of pyridine rings is 1. The Morgan fingerprint density at radius 1 is 1.53 bits per heavy atom. The van der Waals surface area contributed by atoms with Crippen LogP contribution in [0.3, 0.4) is 0 Å². The lowest BCUT2D eigenvalue weighted by atomic mass is 10.3. The van der Waals surface area contributed by atoms with E-state index in [0.29, 0.717) is 6.61 Å². The first-order valence-electron chi connectivity index (χ1n) is 4.75. The van der Waals surface area contributed by atoms with E-state index in [-0.39, 0.29) is 5.69 Å². The predicted molar refractivity (Wildman–Crippen MR) is 54.0 cm³/mol. The molecule has 0 bridgehead atoms. The zero-order chi connectivity index (χ0) is 11.3. The van der Waals surface area contributed by atoms with Crippen molar-refractivity contribution in [3.05, 3.63) is 34.2 Å². The summed E-state index contributed by atoms with van der Waals surface area (Å²) in [6.45, 7) is 2.32. The van der Waals surface area contributed by atoms with Gasteiger partial charge in [0.05, 0.1) is 0 Å². The summed E-state index contributed by atoms with van der Waals surface area (Å²) in [4.78, 5) is 27.2. The molecule has 0 fully saturated rings. The van der Waals surface area contributed by atoms with Crippen molar-refractivity contribution in [3.8, 4) is 0 Å². The van der Waals surface area contributed by atoms with E-state index in [4.69, 9.17) is 9.94 Å². The summed E-state index contributed by atoms with van der Waals surface area (Å²) in [6, 6.07) is 3.99. The van der Waals surface area contributed by atoms with Crippen molar-refractivity contribution in [1.82, 2.24) is 4.73 Å². The number of aromatic nitrogens is 1. The Morgan fingerprint density at radius 2 is 2.27 bits per heavy atom. The topological polar surface area (TPSA) is 68.5 Å². The summed E-state index contributed by atoms with van der Waals surface area (Å²) in [5.74, 6) is -1.18. The summed E-state index contributed by atoms with van der Waals surface area (Å²) >= 11 is 0. The van der Waals surface area contributed by atoms with Gasteiger partial charge in [0.25, 0.3) is 5.56 Å². The molecule has 1 N–H and O–H groups in total. The van der Waals surface area contributed by atoms with Crippen LogP contribution in [0.25, 0.3) is 0 Å². The minimum absolute atomic E-state index is 0.154. The lowest BCUT2D eigenvalue weighted by Gasteiger charge is -2.09. The van der Waals surface area contributed by atoms with Gasteiger partial charge in [-0.3, -0.25) is 4.79 Å². The molecule has 0 radical (unpaired) electrons. The summed E-state index contributed by atoms with van der Waals surface area (Å²) in [7, 11) is 0.